The molecule has 1 saturated carbocycles. The van der Waals surface area contributed by atoms with E-state index >= 15 is 0 Å². The van der Waals surface area contributed by atoms with Crippen LogP contribution in [0.3, 0.4) is 0 Å². The van der Waals surface area contributed by atoms with Gasteiger partial charge in [-0.2, -0.15) is 0 Å². The third-order valence-corrected chi connectivity index (χ3v) is 7.50. The van der Waals surface area contributed by atoms with E-state index < -0.39 is 5.41 Å². The zero-order valence-corrected chi connectivity index (χ0v) is 20.4. The summed E-state index contributed by atoms with van der Waals surface area (Å²) in [6.07, 6.45) is 5.64. The van der Waals surface area contributed by atoms with Gasteiger partial charge in [-0.3, -0.25) is 14.5 Å². The van der Waals surface area contributed by atoms with Crippen molar-refractivity contribution in [3.05, 3.63) is 65.0 Å². The number of anilines is 1. The van der Waals surface area contributed by atoms with E-state index in [1.807, 2.05) is 36.9 Å². The van der Waals surface area contributed by atoms with Crippen molar-refractivity contribution in [3.63, 3.8) is 0 Å². The van der Waals surface area contributed by atoms with Crippen LogP contribution in [0, 0.1) is 19.7 Å². The lowest BCUT2D eigenvalue weighted by Crippen LogP contribution is -2.49. The van der Waals surface area contributed by atoms with Gasteiger partial charge in [0.15, 0.2) is 0 Å². The van der Waals surface area contributed by atoms with Crippen LogP contribution in [0.2, 0.25) is 0 Å². The number of nitrogens with zero attached hydrogens (tertiary/aromatic N) is 2. The van der Waals surface area contributed by atoms with E-state index in [1.54, 1.807) is 12.1 Å². The molecule has 2 aromatic carbocycles. The number of benzene rings is 2. The summed E-state index contributed by atoms with van der Waals surface area (Å²) >= 11 is 0. The van der Waals surface area contributed by atoms with Crippen LogP contribution in [-0.4, -0.2) is 54.3 Å². The first-order valence-electron chi connectivity index (χ1n) is 12.5. The van der Waals surface area contributed by atoms with Crippen molar-refractivity contribution < 1.29 is 14.0 Å². The van der Waals surface area contributed by atoms with Crippen molar-refractivity contribution in [3.8, 4) is 0 Å². The standard InChI is InChI=1S/C28H36FN3O2/c1-21-8-6-9-22(2)26(21)30-25(33)20-31-16-7-17-32(19-18-31)27(34)28(14-4-3-5-15-28)23-10-12-24(29)13-11-23/h6,8-13H,3-5,7,14-20H2,1-2H3,(H,30,33). The Morgan fingerprint density at radius 3 is 2.24 bits per heavy atom. The number of carbonyl (C=O) groups is 2. The maximum Gasteiger partial charge on any atom is 0.238 e. The van der Waals surface area contributed by atoms with Crippen LogP contribution in [-0.2, 0) is 15.0 Å². The predicted molar refractivity (Wildman–Crippen MR) is 133 cm³/mol. The predicted octanol–water partition coefficient (Wildman–Crippen LogP) is 4.82. The molecule has 1 heterocycles. The van der Waals surface area contributed by atoms with Crippen molar-refractivity contribution >= 4 is 17.5 Å². The first-order chi connectivity index (χ1) is 16.4. The van der Waals surface area contributed by atoms with Crippen molar-refractivity contribution in [2.24, 2.45) is 0 Å². The average molecular weight is 466 g/mol. The first-order valence-corrected chi connectivity index (χ1v) is 12.5. The lowest BCUT2D eigenvalue weighted by Gasteiger charge is -2.40. The minimum absolute atomic E-state index is 0.0211. The van der Waals surface area contributed by atoms with E-state index in [0.717, 1.165) is 67.4 Å². The highest BCUT2D eigenvalue weighted by Gasteiger charge is 2.43. The highest BCUT2D eigenvalue weighted by molar-refractivity contribution is 5.93. The van der Waals surface area contributed by atoms with Crippen molar-refractivity contribution in [1.29, 1.82) is 0 Å². The topological polar surface area (TPSA) is 52.7 Å². The van der Waals surface area contributed by atoms with E-state index in [-0.39, 0.29) is 17.6 Å². The number of rotatable bonds is 5. The summed E-state index contributed by atoms with van der Waals surface area (Å²) in [6.45, 7) is 7.08. The minimum Gasteiger partial charge on any atom is -0.341 e. The van der Waals surface area contributed by atoms with E-state index in [0.29, 0.717) is 26.2 Å². The number of hydrogen-bond donors (Lipinski definition) is 1. The minimum atomic E-state index is -0.555. The Kier molecular flexibility index (Phi) is 7.67. The molecule has 1 saturated heterocycles. The molecule has 2 aromatic rings. The summed E-state index contributed by atoms with van der Waals surface area (Å²) < 4.78 is 13.6. The molecule has 0 aromatic heterocycles. The Balaban J connectivity index is 1.41. The second-order valence-corrected chi connectivity index (χ2v) is 9.89. The maximum absolute atomic E-state index is 13.9. The maximum atomic E-state index is 13.9. The fraction of sp³-hybridized carbons (Fsp3) is 0.500. The number of hydrogen-bond acceptors (Lipinski definition) is 3. The fourth-order valence-electron chi connectivity index (χ4n) is 5.58. The van der Waals surface area contributed by atoms with Crippen LogP contribution in [0.15, 0.2) is 42.5 Å². The third-order valence-electron chi connectivity index (χ3n) is 7.50. The van der Waals surface area contributed by atoms with Gasteiger partial charge in [0.05, 0.1) is 12.0 Å². The van der Waals surface area contributed by atoms with Crippen LogP contribution in [0.1, 0.15) is 55.2 Å². The Morgan fingerprint density at radius 1 is 0.882 bits per heavy atom. The van der Waals surface area contributed by atoms with Crippen LogP contribution >= 0.6 is 0 Å². The van der Waals surface area contributed by atoms with Gasteiger partial charge in [0.1, 0.15) is 5.82 Å². The first kappa shape index (κ1) is 24.4. The van der Waals surface area contributed by atoms with E-state index in [4.69, 9.17) is 0 Å². The number of carbonyl (C=O) groups excluding carboxylic acids is 2. The zero-order valence-electron chi connectivity index (χ0n) is 20.4. The van der Waals surface area contributed by atoms with Crippen molar-refractivity contribution in [2.45, 2.75) is 57.8 Å². The molecule has 34 heavy (non-hydrogen) atoms. The number of nitrogens with one attached hydrogen (secondary N) is 1. The molecule has 2 aliphatic rings. The largest absolute Gasteiger partial charge is 0.341 e. The molecule has 4 rings (SSSR count). The molecule has 2 amide bonds. The fourth-order valence-corrected chi connectivity index (χ4v) is 5.58. The monoisotopic (exact) mass is 465 g/mol. The summed E-state index contributed by atoms with van der Waals surface area (Å²) in [5.74, 6) is -0.125. The molecule has 0 bridgehead atoms. The van der Waals surface area contributed by atoms with Crippen LogP contribution in [0.5, 0.6) is 0 Å². The normalized spacial score (nSPS) is 18.9. The van der Waals surface area contributed by atoms with Crippen molar-refractivity contribution in [1.82, 2.24) is 9.80 Å². The number of para-hydroxylation sites is 1. The van der Waals surface area contributed by atoms with E-state index in [2.05, 4.69) is 10.2 Å². The summed E-state index contributed by atoms with van der Waals surface area (Å²) in [4.78, 5) is 30.8. The molecule has 182 valence electrons. The molecular weight excluding hydrogens is 429 g/mol. The summed E-state index contributed by atoms with van der Waals surface area (Å²) in [7, 11) is 0. The van der Waals surface area contributed by atoms with Gasteiger partial charge in [0.25, 0.3) is 0 Å². The van der Waals surface area contributed by atoms with Gasteiger partial charge in [-0.15, -0.1) is 0 Å². The summed E-state index contributed by atoms with van der Waals surface area (Å²) in [6, 6.07) is 12.5. The van der Waals surface area contributed by atoms with Gasteiger partial charge < -0.3 is 10.2 Å². The van der Waals surface area contributed by atoms with Crippen molar-refractivity contribution in [2.75, 3.05) is 38.0 Å². The Bertz CT molecular complexity index is 995. The van der Waals surface area contributed by atoms with Gasteiger partial charge in [-0.05, 0) is 61.9 Å². The average Bonchev–Trinajstić information content (AvgIpc) is 3.07. The SMILES string of the molecule is Cc1cccc(C)c1NC(=O)CN1CCCN(C(=O)C2(c3ccc(F)cc3)CCCCC2)CC1. The second-order valence-electron chi connectivity index (χ2n) is 9.89. The highest BCUT2D eigenvalue weighted by atomic mass is 19.1. The van der Waals surface area contributed by atoms with Gasteiger partial charge >= 0.3 is 0 Å². The molecule has 5 nitrogen and oxygen atoms in total. The molecular formula is C28H36FN3O2. The highest BCUT2D eigenvalue weighted by Crippen LogP contribution is 2.41. The molecule has 1 N–H and O–H groups in total. The lowest BCUT2D eigenvalue weighted by molar-refractivity contribution is -0.138. The Labute approximate surface area is 202 Å². The molecule has 1 aliphatic carbocycles. The Hall–Kier alpha value is -2.73. The number of aryl methyl sites for hydroxylation is 2. The molecule has 0 radical (unpaired) electrons. The van der Waals surface area contributed by atoms with Crippen LogP contribution in [0.4, 0.5) is 10.1 Å². The number of halogens is 1. The Morgan fingerprint density at radius 2 is 1.56 bits per heavy atom. The molecule has 0 atom stereocenters. The second kappa shape index (κ2) is 10.7. The third kappa shape index (κ3) is 5.33. The van der Waals surface area contributed by atoms with Crippen LogP contribution in [0.25, 0.3) is 0 Å². The van der Waals surface area contributed by atoms with E-state index in [9.17, 15) is 14.0 Å². The smallest absolute Gasteiger partial charge is 0.238 e. The molecule has 2 fully saturated rings. The zero-order chi connectivity index (χ0) is 24.1. The van der Waals surface area contributed by atoms with E-state index in [1.165, 1.54) is 12.1 Å². The van der Waals surface area contributed by atoms with Crippen LogP contribution < -0.4 is 5.32 Å². The lowest BCUT2D eigenvalue weighted by atomic mass is 9.68. The quantitative estimate of drug-likeness (QED) is 0.689. The number of amides is 2. The van der Waals surface area contributed by atoms with Gasteiger partial charge in [0.2, 0.25) is 11.8 Å². The molecule has 1 aliphatic heterocycles. The summed E-state index contributed by atoms with van der Waals surface area (Å²) in [5, 5.41) is 3.07. The molecule has 6 heteroatoms. The van der Waals surface area contributed by atoms with Gasteiger partial charge in [-0.25, -0.2) is 4.39 Å². The van der Waals surface area contributed by atoms with Gasteiger partial charge in [0, 0.05) is 31.9 Å². The molecule has 0 unspecified atom stereocenters. The van der Waals surface area contributed by atoms with Gasteiger partial charge in [-0.1, -0.05) is 49.6 Å². The summed E-state index contributed by atoms with van der Waals surface area (Å²) in [5.41, 5.74) is 3.38. The molecule has 0 spiro atoms.